The van der Waals surface area contributed by atoms with Crippen LogP contribution in [0.5, 0.6) is 0 Å². The highest BCUT2D eigenvalue weighted by atomic mass is 127. The minimum absolute atomic E-state index is 0.585. The van der Waals surface area contributed by atoms with E-state index in [0.717, 1.165) is 30.9 Å². The van der Waals surface area contributed by atoms with Crippen molar-refractivity contribution in [3.8, 4) is 11.4 Å². The minimum Gasteiger partial charge on any atom is -0.372 e. The first kappa shape index (κ1) is 14.5. The number of anilines is 1. The summed E-state index contributed by atoms with van der Waals surface area (Å²) in [5, 5.41) is 3.82. The predicted octanol–water partition coefficient (Wildman–Crippen LogP) is 5.08. The highest BCUT2D eigenvalue weighted by molar-refractivity contribution is 14.1. The first-order chi connectivity index (χ1) is 9.60. The maximum atomic E-state index is 6.16. The number of aromatic nitrogens is 2. The Balaban J connectivity index is 2.12. The van der Waals surface area contributed by atoms with E-state index in [0.29, 0.717) is 10.9 Å². The van der Waals surface area contributed by atoms with E-state index in [2.05, 4.69) is 48.8 Å². The van der Waals surface area contributed by atoms with Gasteiger partial charge < -0.3 is 5.32 Å². The van der Waals surface area contributed by atoms with E-state index < -0.39 is 0 Å². The topological polar surface area (TPSA) is 37.8 Å². The number of hydrogen-bond donors (Lipinski definition) is 1. The summed E-state index contributed by atoms with van der Waals surface area (Å²) >= 11 is 11.9. The standard InChI is InChI=1S/C14H12BrClIN3/c1-18-14-11(17)12(7-2-3-7)19-13(20-14)8-4-5-9(15)10(16)6-8/h4-7H,2-3H2,1H3,(H,18,19,20). The van der Waals surface area contributed by atoms with Crippen LogP contribution in [0.1, 0.15) is 24.5 Å². The molecular weight excluding hydrogens is 452 g/mol. The van der Waals surface area contributed by atoms with Crippen molar-refractivity contribution >= 4 is 55.9 Å². The summed E-state index contributed by atoms with van der Waals surface area (Å²) in [5.41, 5.74) is 2.09. The van der Waals surface area contributed by atoms with Gasteiger partial charge in [0.15, 0.2) is 5.82 Å². The Hall–Kier alpha value is -0.400. The lowest BCUT2D eigenvalue weighted by Crippen LogP contribution is -2.04. The third kappa shape index (κ3) is 2.80. The molecule has 1 saturated carbocycles. The number of rotatable bonds is 3. The Labute approximate surface area is 144 Å². The van der Waals surface area contributed by atoms with Gasteiger partial charge in [-0.05, 0) is 69.6 Å². The molecule has 0 spiro atoms. The van der Waals surface area contributed by atoms with E-state index in [1.165, 1.54) is 12.8 Å². The Morgan fingerprint density at radius 2 is 2.10 bits per heavy atom. The molecule has 1 heterocycles. The molecule has 0 atom stereocenters. The molecule has 1 aromatic heterocycles. The summed E-state index contributed by atoms with van der Waals surface area (Å²) in [6.45, 7) is 0. The molecule has 0 radical (unpaired) electrons. The van der Waals surface area contributed by atoms with Gasteiger partial charge in [0.2, 0.25) is 0 Å². The quantitative estimate of drug-likeness (QED) is 0.644. The molecular formula is C14H12BrClIN3. The fraction of sp³-hybridized carbons (Fsp3) is 0.286. The molecule has 3 nitrogen and oxygen atoms in total. The lowest BCUT2D eigenvalue weighted by atomic mass is 10.2. The molecule has 0 bridgehead atoms. The Morgan fingerprint density at radius 3 is 2.70 bits per heavy atom. The van der Waals surface area contributed by atoms with E-state index in [1.807, 2.05) is 25.2 Å². The van der Waals surface area contributed by atoms with Crippen molar-refractivity contribution in [3.63, 3.8) is 0 Å². The Bertz CT molecular complexity index is 674. The third-order valence-electron chi connectivity index (χ3n) is 3.26. The highest BCUT2D eigenvalue weighted by Crippen LogP contribution is 2.43. The monoisotopic (exact) mass is 463 g/mol. The summed E-state index contributed by atoms with van der Waals surface area (Å²) in [7, 11) is 1.89. The molecule has 6 heteroatoms. The van der Waals surface area contributed by atoms with Gasteiger partial charge in [-0.2, -0.15) is 0 Å². The lowest BCUT2D eigenvalue weighted by Gasteiger charge is -2.11. The average molecular weight is 465 g/mol. The van der Waals surface area contributed by atoms with Gasteiger partial charge >= 0.3 is 0 Å². The molecule has 0 saturated heterocycles. The SMILES string of the molecule is CNc1nc(-c2ccc(Br)c(Cl)c2)nc(C2CC2)c1I. The summed E-state index contributed by atoms with van der Waals surface area (Å²) < 4.78 is 2.00. The van der Waals surface area contributed by atoms with Gasteiger partial charge in [-0.3, -0.25) is 0 Å². The number of halogens is 3. The fourth-order valence-electron chi connectivity index (χ4n) is 2.02. The van der Waals surface area contributed by atoms with Gasteiger partial charge in [-0.15, -0.1) is 0 Å². The number of nitrogens with zero attached hydrogens (tertiary/aromatic N) is 2. The van der Waals surface area contributed by atoms with Crippen LogP contribution in [0.25, 0.3) is 11.4 Å². The van der Waals surface area contributed by atoms with Crippen molar-refractivity contribution in [2.75, 3.05) is 12.4 Å². The normalized spacial score (nSPS) is 14.4. The van der Waals surface area contributed by atoms with Gasteiger partial charge in [-0.1, -0.05) is 11.6 Å². The van der Waals surface area contributed by atoms with Crippen molar-refractivity contribution in [1.29, 1.82) is 0 Å². The number of nitrogens with one attached hydrogen (secondary N) is 1. The van der Waals surface area contributed by atoms with E-state index in [9.17, 15) is 0 Å². The smallest absolute Gasteiger partial charge is 0.161 e. The van der Waals surface area contributed by atoms with Gasteiger partial charge in [-0.25, -0.2) is 9.97 Å². The summed E-state index contributed by atoms with van der Waals surface area (Å²) in [4.78, 5) is 9.35. The first-order valence-electron chi connectivity index (χ1n) is 6.30. The number of hydrogen-bond acceptors (Lipinski definition) is 3. The molecule has 0 unspecified atom stereocenters. The van der Waals surface area contributed by atoms with Gasteiger partial charge in [0.1, 0.15) is 5.82 Å². The van der Waals surface area contributed by atoms with E-state index in [4.69, 9.17) is 16.6 Å². The van der Waals surface area contributed by atoms with Gasteiger partial charge in [0.05, 0.1) is 14.3 Å². The van der Waals surface area contributed by atoms with Crippen LogP contribution < -0.4 is 5.32 Å². The second-order valence-corrected chi connectivity index (χ2v) is 7.09. The summed E-state index contributed by atoms with van der Waals surface area (Å²) in [6.07, 6.45) is 2.44. The van der Waals surface area contributed by atoms with Crippen LogP contribution in [0, 0.1) is 3.57 Å². The second-order valence-electron chi connectivity index (χ2n) is 4.75. The maximum absolute atomic E-state index is 6.16. The zero-order valence-electron chi connectivity index (χ0n) is 10.8. The minimum atomic E-state index is 0.585. The van der Waals surface area contributed by atoms with Crippen LogP contribution in [0.4, 0.5) is 5.82 Å². The molecule has 1 N–H and O–H groups in total. The van der Waals surface area contributed by atoms with Crippen molar-refractivity contribution in [2.45, 2.75) is 18.8 Å². The van der Waals surface area contributed by atoms with Crippen LogP contribution in [-0.2, 0) is 0 Å². The molecule has 1 fully saturated rings. The zero-order valence-corrected chi connectivity index (χ0v) is 15.3. The third-order valence-corrected chi connectivity index (χ3v) is 5.55. The van der Waals surface area contributed by atoms with Gasteiger partial charge in [0, 0.05) is 23.0 Å². The van der Waals surface area contributed by atoms with E-state index >= 15 is 0 Å². The zero-order chi connectivity index (χ0) is 14.3. The average Bonchev–Trinajstić information content (AvgIpc) is 3.27. The van der Waals surface area contributed by atoms with Crippen molar-refractivity contribution in [1.82, 2.24) is 9.97 Å². The second kappa shape index (κ2) is 5.77. The fourth-order valence-corrected chi connectivity index (χ4v) is 3.40. The van der Waals surface area contributed by atoms with Crippen LogP contribution in [-0.4, -0.2) is 17.0 Å². The molecule has 20 heavy (non-hydrogen) atoms. The first-order valence-corrected chi connectivity index (χ1v) is 8.55. The van der Waals surface area contributed by atoms with Crippen molar-refractivity contribution in [3.05, 3.63) is 37.0 Å². The summed E-state index contributed by atoms with van der Waals surface area (Å²) in [5.74, 6) is 2.20. The molecule has 1 aliphatic rings. The largest absolute Gasteiger partial charge is 0.372 e. The molecule has 104 valence electrons. The van der Waals surface area contributed by atoms with Crippen LogP contribution in [0.3, 0.4) is 0 Å². The Morgan fingerprint density at radius 1 is 1.35 bits per heavy atom. The lowest BCUT2D eigenvalue weighted by molar-refractivity contribution is 0.979. The molecule has 2 aromatic rings. The van der Waals surface area contributed by atoms with Crippen molar-refractivity contribution < 1.29 is 0 Å². The molecule has 1 aliphatic carbocycles. The molecule has 0 amide bonds. The van der Waals surface area contributed by atoms with Crippen LogP contribution >= 0.6 is 50.1 Å². The molecule has 0 aliphatic heterocycles. The predicted molar refractivity (Wildman–Crippen MR) is 94.4 cm³/mol. The van der Waals surface area contributed by atoms with Gasteiger partial charge in [0.25, 0.3) is 0 Å². The maximum Gasteiger partial charge on any atom is 0.161 e. The molecule has 3 rings (SSSR count). The van der Waals surface area contributed by atoms with Crippen LogP contribution in [0.2, 0.25) is 5.02 Å². The van der Waals surface area contributed by atoms with E-state index in [-0.39, 0.29) is 0 Å². The molecule has 1 aromatic carbocycles. The van der Waals surface area contributed by atoms with E-state index in [1.54, 1.807) is 0 Å². The highest BCUT2D eigenvalue weighted by Gasteiger charge is 2.29. The summed E-state index contributed by atoms with van der Waals surface area (Å²) in [6, 6.07) is 5.80. The Kier molecular flexibility index (Phi) is 4.19. The van der Waals surface area contributed by atoms with Crippen molar-refractivity contribution in [2.24, 2.45) is 0 Å². The number of benzene rings is 1. The van der Waals surface area contributed by atoms with Crippen LogP contribution in [0.15, 0.2) is 22.7 Å².